The minimum absolute atomic E-state index is 0.200. The van der Waals surface area contributed by atoms with Gasteiger partial charge in [0.25, 0.3) is 0 Å². The van der Waals surface area contributed by atoms with Crippen molar-refractivity contribution in [1.29, 1.82) is 0 Å². The Labute approximate surface area is 118 Å². The molecule has 6 nitrogen and oxygen atoms in total. The van der Waals surface area contributed by atoms with E-state index in [2.05, 4.69) is 10.1 Å². The van der Waals surface area contributed by atoms with Crippen LogP contribution in [0.3, 0.4) is 0 Å². The number of carbonyl (C=O) groups is 2. The van der Waals surface area contributed by atoms with E-state index in [-0.39, 0.29) is 6.61 Å². The maximum atomic E-state index is 11.6. The highest BCUT2D eigenvalue weighted by atomic mass is 16.5. The predicted octanol–water partition coefficient (Wildman–Crippen LogP) is 0.244. The van der Waals surface area contributed by atoms with Crippen LogP contribution in [-0.2, 0) is 20.7 Å². The Bertz CT molecular complexity index is 445. The molecule has 0 saturated carbocycles. The molecule has 0 aromatic heterocycles. The molecule has 0 fully saturated rings. The highest BCUT2D eigenvalue weighted by Crippen LogP contribution is 2.11. The van der Waals surface area contributed by atoms with E-state index < -0.39 is 17.9 Å². The van der Waals surface area contributed by atoms with Crippen LogP contribution in [0.25, 0.3) is 0 Å². The molecule has 3 N–H and O–H groups in total. The van der Waals surface area contributed by atoms with Crippen LogP contribution in [-0.4, -0.2) is 38.2 Å². The Balaban J connectivity index is 2.35. The van der Waals surface area contributed by atoms with Gasteiger partial charge in [-0.05, 0) is 31.0 Å². The molecule has 1 aromatic rings. The minimum atomic E-state index is -1.27. The molecule has 0 aliphatic rings. The molecule has 0 bridgehead atoms. The molecular formula is C14H20N2O4. The van der Waals surface area contributed by atoms with Crippen LogP contribution in [0.4, 0.5) is 0 Å². The third-order valence-electron chi connectivity index (χ3n) is 2.69. The minimum Gasteiger partial charge on any atom is -0.497 e. The second-order valence-corrected chi connectivity index (χ2v) is 4.12. The molecule has 1 atom stereocenters. The first-order valence-corrected chi connectivity index (χ1v) is 6.41. The average Bonchev–Trinajstić information content (AvgIpc) is 2.47. The zero-order valence-corrected chi connectivity index (χ0v) is 11.7. The number of benzene rings is 1. The van der Waals surface area contributed by atoms with E-state index in [1.54, 1.807) is 14.0 Å². The molecule has 110 valence electrons. The van der Waals surface area contributed by atoms with Gasteiger partial charge in [-0.15, -0.1) is 0 Å². The molecule has 0 aliphatic carbocycles. The van der Waals surface area contributed by atoms with Crippen molar-refractivity contribution in [2.75, 3.05) is 20.3 Å². The van der Waals surface area contributed by atoms with Gasteiger partial charge in [0.2, 0.25) is 5.91 Å². The van der Waals surface area contributed by atoms with Gasteiger partial charge in [-0.1, -0.05) is 12.1 Å². The van der Waals surface area contributed by atoms with Crippen molar-refractivity contribution in [3.8, 4) is 5.75 Å². The van der Waals surface area contributed by atoms with Crippen LogP contribution in [0.5, 0.6) is 5.75 Å². The molecule has 0 heterocycles. The topological polar surface area (TPSA) is 90.7 Å². The van der Waals surface area contributed by atoms with Gasteiger partial charge in [-0.25, -0.2) is 4.79 Å². The monoisotopic (exact) mass is 280 g/mol. The molecule has 1 rings (SSSR count). The molecule has 1 unspecified atom stereocenters. The normalized spacial score (nSPS) is 11.6. The second kappa shape index (κ2) is 8.16. The Morgan fingerprint density at radius 2 is 1.95 bits per heavy atom. The van der Waals surface area contributed by atoms with Crippen molar-refractivity contribution >= 4 is 11.9 Å². The van der Waals surface area contributed by atoms with E-state index in [9.17, 15) is 9.59 Å². The van der Waals surface area contributed by atoms with Crippen molar-refractivity contribution in [3.63, 3.8) is 0 Å². The molecule has 20 heavy (non-hydrogen) atoms. The van der Waals surface area contributed by atoms with E-state index in [0.717, 1.165) is 11.3 Å². The summed E-state index contributed by atoms with van der Waals surface area (Å²) in [6.07, 6.45) is 0.644. The van der Waals surface area contributed by atoms with Gasteiger partial charge in [-0.2, -0.15) is 0 Å². The quantitative estimate of drug-likeness (QED) is 0.551. The largest absolute Gasteiger partial charge is 0.497 e. The summed E-state index contributed by atoms with van der Waals surface area (Å²) < 4.78 is 9.73. The van der Waals surface area contributed by atoms with Gasteiger partial charge < -0.3 is 20.5 Å². The lowest BCUT2D eigenvalue weighted by atomic mass is 10.1. The molecule has 0 spiro atoms. The number of hydrogen-bond acceptors (Lipinski definition) is 5. The summed E-state index contributed by atoms with van der Waals surface area (Å²) in [6, 6.07) is 6.25. The number of amides is 1. The van der Waals surface area contributed by atoms with Crippen LogP contribution in [0.2, 0.25) is 0 Å². The fraction of sp³-hybridized carbons (Fsp3) is 0.429. The van der Waals surface area contributed by atoms with E-state index in [1.165, 1.54) is 0 Å². The Morgan fingerprint density at radius 1 is 1.30 bits per heavy atom. The Morgan fingerprint density at radius 3 is 2.50 bits per heavy atom. The molecule has 0 aliphatic heterocycles. The number of carbonyl (C=O) groups excluding carboxylic acids is 2. The van der Waals surface area contributed by atoms with Gasteiger partial charge in [0.1, 0.15) is 5.75 Å². The zero-order valence-electron chi connectivity index (χ0n) is 11.7. The Kier molecular flexibility index (Phi) is 6.52. The number of nitrogens with two attached hydrogens (primary N) is 1. The van der Waals surface area contributed by atoms with Gasteiger partial charge in [0, 0.05) is 6.54 Å². The SMILES string of the molecule is CCOC(=O)C(N)C(=O)NCCc1ccc(OC)cc1. The number of methoxy groups -OCH3 is 1. The maximum Gasteiger partial charge on any atom is 0.332 e. The molecule has 1 aromatic carbocycles. The lowest BCUT2D eigenvalue weighted by Crippen LogP contribution is -2.47. The smallest absolute Gasteiger partial charge is 0.332 e. The summed E-state index contributed by atoms with van der Waals surface area (Å²) in [6.45, 7) is 2.26. The van der Waals surface area contributed by atoms with E-state index >= 15 is 0 Å². The standard InChI is InChI=1S/C14H20N2O4/c1-3-20-14(18)12(15)13(17)16-9-8-10-4-6-11(19-2)7-5-10/h4-7,12H,3,8-9,15H2,1-2H3,(H,16,17). The van der Waals surface area contributed by atoms with Crippen LogP contribution in [0.15, 0.2) is 24.3 Å². The van der Waals surface area contributed by atoms with Crippen LogP contribution < -0.4 is 15.8 Å². The van der Waals surface area contributed by atoms with Crippen LogP contribution >= 0.6 is 0 Å². The predicted molar refractivity (Wildman–Crippen MR) is 74.3 cm³/mol. The number of nitrogens with one attached hydrogen (secondary N) is 1. The molecule has 0 saturated heterocycles. The van der Waals surface area contributed by atoms with Crippen LogP contribution in [0, 0.1) is 0 Å². The fourth-order valence-corrected chi connectivity index (χ4v) is 1.57. The summed E-state index contributed by atoms with van der Waals surface area (Å²) in [5.41, 5.74) is 6.51. The summed E-state index contributed by atoms with van der Waals surface area (Å²) >= 11 is 0. The van der Waals surface area contributed by atoms with Gasteiger partial charge in [-0.3, -0.25) is 4.79 Å². The first-order valence-electron chi connectivity index (χ1n) is 6.41. The fourth-order valence-electron chi connectivity index (χ4n) is 1.57. The summed E-state index contributed by atoms with van der Waals surface area (Å²) in [4.78, 5) is 22.9. The highest BCUT2D eigenvalue weighted by molar-refractivity contribution is 6.01. The number of rotatable bonds is 7. The van der Waals surface area contributed by atoms with Crippen molar-refractivity contribution < 1.29 is 19.1 Å². The van der Waals surface area contributed by atoms with Crippen molar-refractivity contribution in [1.82, 2.24) is 5.32 Å². The third-order valence-corrected chi connectivity index (χ3v) is 2.69. The summed E-state index contributed by atoms with van der Waals surface area (Å²) in [5.74, 6) is -0.464. The van der Waals surface area contributed by atoms with E-state index in [4.69, 9.17) is 10.5 Å². The molecular weight excluding hydrogens is 260 g/mol. The Hall–Kier alpha value is -2.08. The third kappa shape index (κ3) is 4.89. The summed E-state index contributed by atoms with van der Waals surface area (Å²) in [7, 11) is 1.60. The number of esters is 1. The number of hydrogen-bond donors (Lipinski definition) is 2. The lowest BCUT2D eigenvalue weighted by Gasteiger charge is -2.11. The molecule has 0 radical (unpaired) electrons. The van der Waals surface area contributed by atoms with Crippen molar-refractivity contribution in [2.24, 2.45) is 5.73 Å². The van der Waals surface area contributed by atoms with Crippen LogP contribution in [0.1, 0.15) is 12.5 Å². The van der Waals surface area contributed by atoms with Gasteiger partial charge in [0.05, 0.1) is 13.7 Å². The average molecular weight is 280 g/mol. The van der Waals surface area contributed by atoms with Gasteiger partial charge in [0.15, 0.2) is 6.04 Å². The number of ether oxygens (including phenoxy) is 2. The summed E-state index contributed by atoms with van der Waals surface area (Å²) in [5, 5.41) is 2.60. The lowest BCUT2D eigenvalue weighted by molar-refractivity contribution is -0.147. The van der Waals surface area contributed by atoms with E-state index in [0.29, 0.717) is 13.0 Å². The van der Waals surface area contributed by atoms with E-state index in [1.807, 2.05) is 24.3 Å². The maximum absolute atomic E-state index is 11.6. The van der Waals surface area contributed by atoms with Crippen molar-refractivity contribution in [2.45, 2.75) is 19.4 Å². The molecule has 6 heteroatoms. The first-order chi connectivity index (χ1) is 9.58. The zero-order chi connectivity index (χ0) is 15.0. The molecule has 1 amide bonds. The van der Waals surface area contributed by atoms with Gasteiger partial charge >= 0.3 is 5.97 Å². The first kappa shape index (κ1) is 16.0. The second-order valence-electron chi connectivity index (χ2n) is 4.12. The van der Waals surface area contributed by atoms with Crippen molar-refractivity contribution in [3.05, 3.63) is 29.8 Å². The highest BCUT2D eigenvalue weighted by Gasteiger charge is 2.22.